The second-order valence-corrected chi connectivity index (χ2v) is 9.56. The number of thioether (sulfide) groups is 1. The number of ketones is 1. The Morgan fingerprint density at radius 2 is 1.46 bits per heavy atom. The van der Waals surface area contributed by atoms with Crippen molar-refractivity contribution in [2.45, 2.75) is 23.9 Å². The molecular weight excluding hydrogens is 460 g/mol. The number of fused-ring (bicyclic) bond motifs is 1. The molecule has 3 aromatic carbocycles. The number of carbonyl (C=O) groups excluding carboxylic acids is 3. The van der Waals surface area contributed by atoms with E-state index in [1.807, 2.05) is 91.0 Å². The highest BCUT2D eigenvalue weighted by Crippen LogP contribution is 2.41. The van der Waals surface area contributed by atoms with Gasteiger partial charge in [-0.3, -0.25) is 14.5 Å². The summed E-state index contributed by atoms with van der Waals surface area (Å²) in [7, 11) is 0. The highest BCUT2D eigenvalue weighted by atomic mass is 32.2. The first-order valence-corrected chi connectivity index (χ1v) is 12.4. The fourth-order valence-electron chi connectivity index (χ4n) is 4.35. The number of Topliss-reactive ketones (excluding diaryl/α,β-unsaturated/α-hetero) is 1. The van der Waals surface area contributed by atoms with E-state index in [-0.39, 0.29) is 29.2 Å². The van der Waals surface area contributed by atoms with Crippen molar-refractivity contribution in [3.8, 4) is 0 Å². The second kappa shape index (κ2) is 9.90. The van der Waals surface area contributed by atoms with E-state index in [0.717, 1.165) is 16.7 Å². The van der Waals surface area contributed by atoms with Crippen molar-refractivity contribution in [3.05, 3.63) is 119 Å². The van der Waals surface area contributed by atoms with E-state index in [1.165, 1.54) is 16.7 Å². The molecule has 1 amide bonds. The molecule has 5 rings (SSSR count). The summed E-state index contributed by atoms with van der Waals surface area (Å²) >= 11 is 1.40. The standard InChI is InChI=1S/C28H24N2O4S/c29-23-26(32)30-24(21(17-35-27(23)30)22(31)16-18-10-4-1-5-11-18)28(33)34-25(19-12-6-2-7-13-19)20-14-8-3-9-15-20/h1-15,23,25,27H,16-17,29H2/t23?,27-/m0/s1. The summed E-state index contributed by atoms with van der Waals surface area (Å²) in [6.45, 7) is 0. The molecule has 0 aromatic heterocycles. The van der Waals surface area contributed by atoms with Crippen LogP contribution in [0.25, 0.3) is 0 Å². The molecule has 3 aromatic rings. The average molecular weight is 485 g/mol. The number of carbonyl (C=O) groups is 3. The maximum absolute atomic E-state index is 13.7. The number of hydrogen-bond donors (Lipinski definition) is 1. The number of benzene rings is 3. The van der Waals surface area contributed by atoms with Gasteiger partial charge >= 0.3 is 5.97 Å². The van der Waals surface area contributed by atoms with Crippen LogP contribution in [-0.4, -0.2) is 39.7 Å². The lowest BCUT2D eigenvalue weighted by Gasteiger charge is -2.48. The number of nitrogens with zero attached hydrogens (tertiary/aromatic N) is 1. The lowest BCUT2D eigenvalue weighted by atomic mass is 9.98. The van der Waals surface area contributed by atoms with Crippen LogP contribution in [0.4, 0.5) is 0 Å². The van der Waals surface area contributed by atoms with E-state index >= 15 is 0 Å². The van der Waals surface area contributed by atoms with Gasteiger partial charge in [-0.15, -0.1) is 11.8 Å². The van der Waals surface area contributed by atoms with Gasteiger partial charge in [-0.1, -0.05) is 91.0 Å². The summed E-state index contributed by atoms with van der Waals surface area (Å²) < 4.78 is 6.04. The smallest absolute Gasteiger partial charge is 0.356 e. The van der Waals surface area contributed by atoms with Gasteiger partial charge in [0.2, 0.25) is 5.91 Å². The quantitative estimate of drug-likeness (QED) is 0.407. The first kappa shape index (κ1) is 23.1. The molecule has 7 heteroatoms. The summed E-state index contributed by atoms with van der Waals surface area (Å²) in [5, 5.41) is -0.384. The molecule has 6 nitrogen and oxygen atoms in total. The molecule has 2 N–H and O–H groups in total. The highest BCUT2D eigenvalue weighted by Gasteiger charge is 2.53. The zero-order chi connectivity index (χ0) is 24.4. The minimum absolute atomic E-state index is 0.0123. The van der Waals surface area contributed by atoms with Crippen molar-refractivity contribution < 1.29 is 19.1 Å². The predicted octanol–water partition coefficient (Wildman–Crippen LogP) is 3.63. The first-order chi connectivity index (χ1) is 17.0. The minimum Gasteiger partial charge on any atom is -0.448 e. The van der Waals surface area contributed by atoms with Crippen LogP contribution < -0.4 is 5.73 Å². The van der Waals surface area contributed by atoms with Crippen molar-refractivity contribution >= 4 is 29.4 Å². The Hall–Kier alpha value is -3.68. The van der Waals surface area contributed by atoms with Crippen LogP contribution in [0.3, 0.4) is 0 Å². The lowest BCUT2D eigenvalue weighted by Crippen LogP contribution is -2.68. The van der Waals surface area contributed by atoms with Crippen molar-refractivity contribution in [1.82, 2.24) is 4.90 Å². The molecule has 0 saturated carbocycles. The maximum atomic E-state index is 13.7. The molecule has 1 unspecified atom stereocenters. The molecule has 1 fully saturated rings. The number of rotatable bonds is 7. The Labute approximate surface area is 207 Å². The zero-order valence-corrected chi connectivity index (χ0v) is 19.7. The Morgan fingerprint density at radius 3 is 2.03 bits per heavy atom. The normalized spacial score (nSPS) is 19.3. The largest absolute Gasteiger partial charge is 0.448 e. The molecule has 2 aliphatic rings. The third-order valence-corrected chi connectivity index (χ3v) is 7.48. The molecule has 0 bridgehead atoms. The van der Waals surface area contributed by atoms with Crippen LogP contribution in [-0.2, 0) is 25.5 Å². The third-order valence-electron chi connectivity index (χ3n) is 6.18. The monoisotopic (exact) mass is 484 g/mol. The van der Waals surface area contributed by atoms with Gasteiger partial charge in [-0.05, 0) is 16.7 Å². The molecule has 2 heterocycles. The molecule has 0 spiro atoms. The summed E-state index contributed by atoms with van der Waals surface area (Å²) in [5.74, 6) is -1.00. The molecular formula is C28H24N2O4S. The average Bonchev–Trinajstić information content (AvgIpc) is 2.91. The van der Waals surface area contributed by atoms with Gasteiger partial charge in [-0.25, -0.2) is 4.79 Å². The molecule has 2 aliphatic heterocycles. The highest BCUT2D eigenvalue weighted by molar-refractivity contribution is 8.00. The fraction of sp³-hybridized carbons (Fsp3) is 0.179. The van der Waals surface area contributed by atoms with Crippen LogP contribution >= 0.6 is 11.8 Å². The van der Waals surface area contributed by atoms with E-state index in [9.17, 15) is 14.4 Å². The van der Waals surface area contributed by atoms with Crippen molar-refractivity contribution in [1.29, 1.82) is 0 Å². The number of hydrogen-bond acceptors (Lipinski definition) is 6. The second-order valence-electron chi connectivity index (χ2n) is 8.46. The van der Waals surface area contributed by atoms with Crippen LogP contribution in [0.2, 0.25) is 0 Å². The van der Waals surface area contributed by atoms with Crippen LogP contribution in [0, 0.1) is 0 Å². The van der Waals surface area contributed by atoms with Crippen LogP contribution in [0.15, 0.2) is 102 Å². The summed E-state index contributed by atoms with van der Waals surface area (Å²) in [6, 6.07) is 27.4. The summed E-state index contributed by atoms with van der Waals surface area (Å²) in [4.78, 5) is 41.0. The van der Waals surface area contributed by atoms with Crippen LogP contribution in [0.1, 0.15) is 22.8 Å². The Bertz CT molecular complexity index is 1240. The topological polar surface area (TPSA) is 89.7 Å². The number of esters is 1. The molecule has 35 heavy (non-hydrogen) atoms. The molecule has 2 atom stereocenters. The zero-order valence-electron chi connectivity index (χ0n) is 18.9. The van der Waals surface area contributed by atoms with Gasteiger partial charge in [0.15, 0.2) is 11.9 Å². The van der Waals surface area contributed by atoms with Gasteiger partial charge in [0.25, 0.3) is 0 Å². The number of nitrogens with two attached hydrogens (primary N) is 1. The lowest BCUT2D eigenvalue weighted by molar-refractivity contribution is -0.153. The number of ether oxygens (including phenoxy) is 1. The van der Waals surface area contributed by atoms with E-state index < -0.39 is 18.1 Å². The molecule has 176 valence electrons. The van der Waals surface area contributed by atoms with E-state index in [1.54, 1.807) is 0 Å². The Morgan fingerprint density at radius 1 is 0.914 bits per heavy atom. The molecule has 0 radical (unpaired) electrons. The SMILES string of the molecule is NC1C(=O)N2C(C(=O)OC(c3ccccc3)c3ccccc3)=C(C(=O)Cc3ccccc3)CS[C@@H]12. The first-order valence-electron chi connectivity index (χ1n) is 11.4. The summed E-state index contributed by atoms with van der Waals surface area (Å²) in [6.07, 6.45) is -0.562. The number of β-lactam (4-membered cyclic amide) rings is 1. The predicted molar refractivity (Wildman–Crippen MR) is 134 cm³/mol. The maximum Gasteiger partial charge on any atom is 0.356 e. The fourth-order valence-corrected chi connectivity index (χ4v) is 5.67. The van der Waals surface area contributed by atoms with Gasteiger partial charge < -0.3 is 10.5 Å². The van der Waals surface area contributed by atoms with E-state index in [2.05, 4.69) is 0 Å². The Kier molecular flexibility index (Phi) is 6.53. The van der Waals surface area contributed by atoms with Crippen LogP contribution in [0.5, 0.6) is 0 Å². The van der Waals surface area contributed by atoms with Crippen molar-refractivity contribution in [2.24, 2.45) is 5.73 Å². The third kappa shape index (κ3) is 4.52. The Balaban J connectivity index is 1.51. The molecule has 0 aliphatic carbocycles. The van der Waals surface area contributed by atoms with Gasteiger partial charge in [0.1, 0.15) is 17.1 Å². The van der Waals surface area contributed by atoms with E-state index in [4.69, 9.17) is 10.5 Å². The van der Waals surface area contributed by atoms with E-state index in [0.29, 0.717) is 11.3 Å². The van der Waals surface area contributed by atoms with Gasteiger partial charge in [0.05, 0.1) is 0 Å². The van der Waals surface area contributed by atoms with Crippen molar-refractivity contribution in [3.63, 3.8) is 0 Å². The molecule has 1 saturated heterocycles. The van der Waals surface area contributed by atoms with Gasteiger partial charge in [-0.2, -0.15) is 0 Å². The minimum atomic E-state index is -0.704. The summed E-state index contributed by atoms with van der Waals surface area (Å²) in [5.41, 5.74) is 8.72. The van der Waals surface area contributed by atoms with Gasteiger partial charge in [0, 0.05) is 17.7 Å². The van der Waals surface area contributed by atoms with Crippen molar-refractivity contribution in [2.75, 3.05) is 5.75 Å². The number of amides is 1.